The SMILES string of the molecule is CCOC(=O)c1c(CSc2cccc(C(=N)N)c2)n(C)c2cc(Br)c(O)cc12. The summed E-state index contributed by atoms with van der Waals surface area (Å²) in [6.45, 7) is 2.03. The number of aromatic hydroxyl groups is 1. The van der Waals surface area contributed by atoms with Crippen molar-refractivity contribution in [1.29, 1.82) is 5.41 Å². The second-order valence-corrected chi connectivity index (χ2v) is 8.06. The molecule has 0 aliphatic heterocycles. The third kappa shape index (κ3) is 3.88. The number of benzene rings is 2. The largest absolute Gasteiger partial charge is 0.507 e. The number of carbonyl (C=O) groups is 1. The van der Waals surface area contributed by atoms with Crippen molar-refractivity contribution < 1.29 is 14.6 Å². The number of aryl methyl sites for hydroxylation is 1. The number of hydrogen-bond donors (Lipinski definition) is 3. The van der Waals surface area contributed by atoms with E-state index in [1.165, 1.54) is 11.8 Å². The van der Waals surface area contributed by atoms with E-state index in [1.54, 1.807) is 25.1 Å². The Morgan fingerprint density at radius 3 is 2.79 bits per heavy atom. The number of nitrogen functional groups attached to an aromatic ring is 1. The highest BCUT2D eigenvalue weighted by Crippen LogP contribution is 2.36. The molecule has 0 bridgehead atoms. The predicted molar refractivity (Wildman–Crippen MR) is 115 cm³/mol. The minimum atomic E-state index is -0.414. The Labute approximate surface area is 175 Å². The number of ether oxygens (including phenoxy) is 1. The molecule has 0 fully saturated rings. The Hall–Kier alpha value is -2.45. The topological polar surface area (TPSA) is 101 Å². The third-order valence-corrected chi connectivity index (χ3v) is 6.03. The van der Waals surface area contributed by atoms with Gasteiger partial charge < -0.3 is 20.1 Å². The number of nitrogens with zero attached hydrogens (tertiary/aromatic N) is 1. The zero-order chi connectivity index (χ0) is 20.4. The van der Waals surface area contributed by atoms with Gasteiger partial charge in [0, 0.05) is 34.3 Å². The van der Waals surface area contributed by atoms with Crippen LogP contribution in [0.3, 0.4) is 0 Å². The van der Waals surface area contributed by atoms with Crippen molar-refractivity contribution in [1.82, 2.24) is 4.57 Å². The van der Waals surface area contributed by atoms with Gasteiger partial charge in [0.05, 0.1) is 22.2 Å². The Balaban J connectivity index is 2.05. The van der Waals surface area contributed by atoms with Crippen molar-refractivity contribution in [2.24, 2.45) is 12.8 Å². The number of rotatable bonds is 6. The highest BCUT2D eigenvalue weighted by Gasteiger charge is 2.23. The predicted octanol–water partition coefficient (Wildman–Crippen LogP) is 4.40. The molecular weight excluding hydrogens is 442 g/mol. The van der Waals surface area contributed by atoms with Gasteiger partial charge in [0.25, 0.3) is 0 Å². The Morgan fingerprint density at radius 1 is 1.36 bits per heavy atom. The lowest BCUT2D eigenvalue weighted by Crippen LogP contribution is -2.10. The van der Waals surface area contributed by atoms with Crippen LogP contribution in [0.15, 0.2) is 45.8 Å². The van der Waals surface area contributed by atoms with Gasteiger partial charge in [0.2, 0.25) is 0 Å². The van der Waals surface area contributed by atoms with Gasteiger partial charge in [-0.3, -0.25) is 5.41 Å². The van der Waals surface area contributed by atoms with Crippen LogP contribution in [0.4, 0.5) is 0 Å². The van der Waals surface area contributed by atoms with Crippen LogP contribution in [0.5, 0.6) is 5.75 Å². The molecule has 2 aromatic carbocycles. The van der Waals surface area contributed by atoms with Crippen molar-refractivity contribution >= 4 is 50.4 Å². The van der Waals surface area contributed by atoms with Gasteiger partial charge >= 0.3 is 5.97 Å². The summed E-state index contributed by atoms with van der Waals surface area (Å²) in [4.78, 5) is 13.6. The van der Waals surface area contributed by atoms with Gasteiger partial charge in [-0.2, -0.15) is 0 Å². The molecule has 1 aromatic heterocycles. The molecule has 0 aliphatic rings. The summed E-state index contributed by atoms with van der Waals surface area (Å²) in [6, 6.07) is 10.8. The smallest absolute Gasteiger partial charge is 0.340 e. The van der Waals surface area contributed by atoms with E-state index in [2.05, 4.69) is 15.9 Å². The average Bonchev–Trinajstić information content (AvgIpc) is 2.92. The van der Waals surface area contributed by atoms with Crippen molar-refractivity contribution in [3.63, 3.8) is 0 Å². The van der Waals surface area contributed by atoms with Crippen molar-refractivity contribution in [3.05, 3.63) is 57.7 Å². The van der Waals surface area contributed by atoms with E-state index in [0.29, 0.717) is 26.7 Å². The van der Waals surface area contributed by atoms with Crippen LogP contribution in [0.25, 0.3) is 10.9 Å². The first kappa shape index (κ1) is 20.3. The van der Waals surface area contributed by atoms with Crippen LogP contribution in [-0.2, 0) is 17.5 Å². The molecule has 0 aliphatic carbocycles. The molecule has 0 radical (unpaired) electrons. The Kier molecular flexibility index (Phi) is 6.00. The van der Waals surface area contributed by atoms with E-state index in [0.717, 1.165) is 16.1 Å². The summed E-state index contributed by atoms with van der Waals surface area (Å²) < 4.78 is 7.76. The number of aromatic nitrogens is 1. The lowest BCUT2D eigenvalue weighted by molar-refractivity contribution is 0.0527. The number of nitrogens with one attached hydrogen (secondary N) is 1. The molecule has 4 N–H and O–H groups in total. The average molecular weight is 462 g/mol. The summed E-state index contributed by atoms with van der Waals surface area (Å²) in [5.41, 5.74) is 8.30. The summed E-state index contributed by atoms with van der Waals surface area (Å²) in [6.07, 6.45) is 0. The highest BCUT2D eigenvalue weighted by molar-refractivity contribution is 9.10. The lowest BCUT2D eigenvalue weighted by atomic mass is 10.1. The fraction of sp³-hybridized carbons (Fsp3) is 0.200. The molecule has 0 amide bonds. The van der Waals surface area contributed by atoms with E-state index >= 15 is 0 Å². The normalized spacial score (nSPS) is 11.0. The monoisotopic (exact) mass is 461 g/mol. The number of esters is 1. The van der Waals surface area contributed by atoms with Gasteiger partial charge in [0.15, 0.2) is 0 Å². The van der Waals surface area contributed by atoms with Crippen molar-refractivity contribution in [2.45, 2.75) is 17.6 Å². The first-order valence-corrected chi connectivity index (χ1v) is 10.4. The standard InChI is InChI=1S/C20H20BrN3O3S/c1-3-27-20(26)18-13-8-17(25)14(21)9-15(13)24(2)16(18)10-28-12-6-4-5-11(7-12)19(22)23/h4-9,25H,3,10H2,1-2H3,(H3,22,23). The summed E-state index contributed by atoms with van der Waals surface area (Å²) >= 11 is 4.87. The first-order chi connectivity index (χ1) is 13.3. The molecule has 0 unspecified atom stereocenters. The highest BCUT2D eigenvalue weighted by atomic mass is 79.9. The molecule has 6 nitrogen and oxygen atoms in total. The van der Waals surface area contributed by atoms with Gasteiger partial charge in [-0.25, -0.2) is 4.79 Å². The fourth-order valence-corrected chi connectivity index (χ4v) is 4.36. The molecule has 0 saturated heterocycles. The minimum absolute atomic E-state index is 0.0135. The first-order valence-electron chi connectivity index (χ1n) is 8.57. The van der Waals surface area contributed by atoms with Crippen molar-refractivity contribution in [2.75, 3.05) is 6.61 Å². The van der Waals surface area contributed by atoms with E-state index in [1.807, 2.05) is 29.8 Å². The number of phenolic OH excluding ortho intramolecular Hbond substituents is 1. The number of halogens is 1. The number of thioether (sulfide) groups is 1. The molecular formula is C20H20BrN3O3S. The number of carbonyl (C=O) groups excluding carboxylic acids is 1. The van der Waals surface area contributed by atoms with Crippen LogP contribution in [-0.4, -0.2) is 28.1 Å². The molecule has 3 aromatic rings. The number of nitrogens with two attached hydrogens (primary N) is 1. The second-order valence-electron chi connectivity index (χ2n) is 6.15. The van der Waals surface area contributed by atoms with Crippen molar-refractivity contribution in [3.8, 4) is 5.75 Å². The second kappa shape index (κ2) is 8.28. The maximum absolute atomic E-state index is 12.7. The van der Waals surface area contributed by atoms with Gasteiger partial charge in [-0.05, 0) is 47.1 Å². The fourth-order valence-electron chi connectivity index (χ4n) is 3.00. The van der Waals surface area contributed by atoms with Gasteiger partial charge in [-0.1, -0.05) is 12.1 Å². The molecule has 1 heterocycles. The molecule has 0 spiro atoms. The maximum Gasteiger partial charge on any atom is 0.340 e. The van der Waals surface area contributed by atoms with Crippen LogP contribution in [0.1, 0.15) is 28.5 Å². The number of amidine groups is 1. The lowest BCUT2D eigenvalue weighted by Gasteiger charge is -2.09. The van der Waals surface area contributed by atoms with Crippen LogP contribution < -0.4 is 5.73 Å². The zero-order valence-electron chi connectivity index (χ0n) is 15.5. The van der Waals surface area contributed by atoms with E-state index < -0.39 is 5.97 Å². The Bertz CT molecular complexity index is 1080. The summed E-state index contributed by atoms with van der Waals surface area (Å²) in [7, 11) is 1.89. The minimum Gasteiger partial charge on any atom is -0.507 e. The molecule has 28 heavy (non-hydrogen) atoms. The maximum atomic E-state index is 12.7. The van der Waals surface area contributed by atoms with Crippen LogP contribution in [0, 0.1) is 5.41 Å². The summed E-state index contributed by atoms with van der Waals surface area (Å²) in [5, 5.41) is 18.3. The molecule has 3 rings (SSSR count). The molecule has 0 saturated carbocycles. The van der Waals surface area contributed by atoms with E-state index in [9.17, 15) is 9.90 Å². The quantitative estimate of drug-likeness (QED) is 0.218. The van der Waals surface area contributed by atoms with E-state index in [-0.39, 0.29) is 18.2 Å². The zero-order valence-corrected chi connectivity index (χ0v) is 17.9. The summed E-state index contributed by atoms with van der Waals surface area (Å²) in [5.74, 6) is 0.179. The number of fused-ring (bicyclic) bond motifs is 1. The van der Waals surface area contributed by atoms with Gasteiger partial charge in [-0.15, -0.1) is 11.8 Å². The number of hydrogen-bond acceptors (Lipinski definition) is 5. The number of phenols is 1. The Morgan fingerprint density at radius 2 is 2.11 bits per heavy atom. The molecule has 146 valence electrons. The van der Waals surface area contributed by atoms with Crippen LogP contribution in [0.2, 0.25) is 0 Å². The third-order valence-electron chi connectivity index (χ3n) is 4.39. The van der Waals surface area contributed by atoms with E-state index in [4.69, 9.17) is 15.9 Å². The van der Waals surface area contributed by atoms with Crippen LogP contribution >= 0.6 is 27.7 Å². The molecule has 0 atom stereocenters. The molecule has 8 heteroatoms. The van der Waals surface area contributed by atoms with Gasteiger partial charge in [0.1, 0.15) is 11.6 Å².